The Morgan fingerprint density at radius 3 is 2.79 bits per heavy atom. The minimum absolute atomic E-state index is 0.0812. The maximum Gasteiger partial charge on any atom is 0.356 e. The van der Waals surface area contributed by atoms with Crippen molar-refractivity contribution in [2.45, 2.75) is 24.4 Å². The topological polar surface area (TPSA) is 109 Å². The van der Waals surface area contributed by atoms with E-state index >= 15 is 0 Å². The largest absolute Gasteiger partial charge is 0.464 e. The van der Waals surface area contributed by atoms with Crippen molar-refractivity contribution in [3.8, 4) is 0 Å². The highest BCUT2D eigenvalue weighted by Crippen LogP contribution is 2.33. The Morgan fingerprint density at radius 2 is 2.21 bits per heavy atom. The summed E-state index contributed by atoms with van der Waals surface area (Å²) < 4.78 is 9.91. The van der Waals surface area contributed by atoms with Gasteiger partial charge in [0.15, 0.2) is 0 Å². The number of pyridine rings is 1. The molecule has 1 saturated heterocycles. The Kier molecular flexibility index (Phi) is 4.11. The molecule has 104 valence electrons. The highest BCUT2D eigenvalue weighted by atomic mass is 16.6. The molecule has 0 aromatic carbocycles. The van der Waals surface area contributed by atoms with Crippen LogP contribution in [0.2, 0.25) is 0 Å². The van der Waals surface area contributed by atoms with Crippen LogP contribution in [-0.2, 0) is 9.47 Å². The zero-order valence-corrected chi connectivity index (χ0v) is 10.3. The number of carbonyl (C=O) groups excluding carboxylic acids is 1. The molecule has 0 spiro atoms. The number of aliphatic hydroxyl groups is 3. The summed E-state index contributed by atoms with van der Waals surface area (Å²) in [7, 11) is 1.24. The van der Waals surface area contributed by atoms with Gasteiger partial charge >= 0.3 is 5.97 Å². The van der Waals surface area contributed by atoms with Crippen LogP contribution in [0.1, 0.15) is 22.2 Å². The molecule has 3 N–H and O–H groups in total. The average Bonchev–Trinajstić information content (AvgIpc) is 2.74. The van der Waals surface area contributed by atoms with Gasteiger partial charge in [0.2, 0.25) is 0 Å². The molecule has 0 aliphatic carbocycles. The van der Waals surface area contributed by atoms with Crippen LogP contribution >= 0.6 is 0 Å². The minimum atomic E-state index is -1.18. The smallest absolute Gasteiger partial charge is 0.356 e. The lowest BCUT2D eigenvalue weighted by Gasteiger charge is -2.15. The minimum Gasteiger partial charge on any atom is -0.464 e. The van der Waals surface area contributed by atoms with Crippen molar-refractivity contribution >= 4 is 5.97 Å². The van der Waals surface area contributed by atoms with Gasteiger partial charge in [0.25, 0.3) is 0 Å². The molecule has 2 heterocycles. The number of esters is 1. The normalized spacial score (nSPS) is 30.3. The summed E-state index contributed by atoms with van der Waals surface area (Å²) in [6.07, 6.45) is -2.64. The van der Waals surface area contributed by atoms with Gasteiger partial charge in [-0.1, -0.05) is 0 Å². The highest BCUT2D eigenvalue weighted by molar-refractivity contribution is 5.87. The third kappa shape index (κ3) is 2.59. The van der Waals surface area contributed by atoms with Crippen LogP contribution in [-0.4, -0.2) is 58.3 Å². The zero-order valence-electron chi connectivity index (χ0n) is 10.3. The first-order chi connectivity index (χ1) is 9.08. The second kappa shape index (κ2) is 5.62. The summed E-state index contributed by atoms with van der Waals surface area (Å²) in [5, 5.41) is 28.6. The second-order valence-electron chi connectivity index (χ2n) is 4.22. The van der Waals surface area contributed by atoms with Crippen LogP contribution in [0.25, 0.3) is 0 Å². The SMILES string of the molecule is COC(=O)c1cc(C2O[C@H](CO)[C@@H](O)[C@H]2O)ccn1. The number of methoxy groups -OCH3 is 1. The standard InChI is InChI=1S/C12H15NO6/c1-18-12(17)7-4-6(2-3-13-7)11-10(16)9(15)8(5-14)19-11/h2-4,8-11,14-16H,5H2,1H3/t8-,9-,10-,11?/m1/s1. The molecule has 2 rings (SSSR count). The van der Waals surface area contributed by atoms with Gasteiger partial charge in [0, 0.05) is 6.20 Å². The lowest BCUT2D eigenvalue weighted by molar-refractivity contribution is -0.0228. The Labute approximate surface area is 109 Å². The van der Waals surface area contributed by atoms with Crippen molar-refractivity contribution in [2.75, 3.05) is 13.7 Å². The maximum absolute atomic E-state index is 11.4. The summed E-state index contributed by atoms with van der Waals surface area (Å²) in [5.74, 6) is -0.603. The number of hydrogen-bond donors (Lipinski definition) is 3. The molecule has 1 aliphatic rings. The number of carbonyl (C=O) groups is 1. The molecule has 0 amide bonds. The summed E-state index contributed by atoms with van der Waals surface area (Å²) in [4.78, 5) is 15.2. The summed E-state index contributed by atoms with van der Waals surface area (Å²) in [6.45, 7) is -0.399. The molecule has 1 aromatic rings. The van der Waals surface area contributed by atoms with E-state index in [9.17, 15) is 15.0 Å². The zero-order chi connectivity index (χ0) is 14.0. The highest BCUT2D eigenvalue weighted by Gasteiger charge is 2.43. The van der Waals surface area contributed by atoms with Crippen LogP contribution in [0.5, 0.6) is 0 Å². The first-order valence-electron chi connectivity index (χ1n) is 5.75. The molecule has 4 atom stereocenters. The van der Waals surface area contributed by atoms with Crippen LogP contribution < -0.4 is 0 Å². The van der Waals surface area contributed by atoms with Crippen molar-refractivity contribution in [3.05, 3.63) is 29.6 Å². The number of rotatable bonds is 3. The van der Waals surface area contributed by atoms with Crippen LogP contribution in [0.15, 0.2) is 18.3 Å². The van der Waals surface area contributed by atoms with Crippen molar-refractivity contribution in [1.82, 2.24) is 4.98 Å². The molecular formula is C12H15NO6. The van der Waals surface area contributed by atoms with E-state index in [1.54, 1.807) is 6.07 Å². The summed E-state index contributed by atoms with van der Waals surface area (Å²) >= 11 is 0. The predicted octanol–water partition coefficient (Wildman–Crippen LogP) is -0.978. The molecule has 1 aromatic heterocycles. The van der Waals surface area contributed by atoms with Gasteiger partial charge in [-0.25, -0.2) is 9.78 Å². The Balaban J connectivity index is 2.25. The number of aliphatic hydroxyl groups excluding tert-OH is 3. The van der Waals surface area contributed by atoms with Crippen molar-refractivity contribution < 1.29 is 29.6 Å². The van der Waals surface area contributed by atoms with Gasteiger partial charge in [-0.3, -0.25) is 0 Å². The Hall–Kier alpha value is -1.54. The molecule has 1 aliphatic heterocycles. The van der Waals surface area contributed by atoms with E-state index in [0.717, 1.165) is 0 Å². The predicted molar refractivity (Wildman–Crippen MR) is 62.3 cm³/mol. The molecule has 0 saturated carbocycles. The molecule has 1 fully saturated rings. The molecule has 0 radical (unpaired) electrons. The lowest BCUT2D eigenvalue weighted by atomic mass is 10.0. The van der Waals surface area contributed by atoms with E-state index in [1.165, 1.54) is 19.4 Å². The number of hydrogen-bond acceptors (Lipinski definition) is 7. The second-order valence-corrected chi connectivity index (χ2v) is 4.22. The summed E-state index contributed by atoms with van der Waals surface area (Å²) in [5.41, 5.74) is 0.565. The molecule has 7 heteroatoms. The van der Waals surface area contributed by atoms with Crippen LogP contribution in [0, 0.1) is 0 Å². The fourth-order valence-corrected chi connectivity index (χ4v) is 2.02. The Bertz CT molecular complexity index is 465. The maximum atomic E-state index is 11.4. The van der Waals surface area contributed by atoms with E-state index in [-0.39, 0.29) is 5.69 Å². The van der Waals surface area contributed by atoms with Gasteiger partial charge in [0.05, 0.1) is 13.7 Å². The van der Waals surface area contributed by atoms with E-state index < -0.39 is 37.0 Å². The third-order valence-electron chi connectivity index (χ3n) is 3.05. The monoisotopic (exact) mass is 269 g/mol. The molecule has 19 heavy (non-hydrogen) atoms. The van der Waals surface area contributed by atoms with E-state index in [0.29, 0.717) is 5.56 Å². The quantitative estimate of drug-likeness (QED) is 0.605. The lowest BCUT2D eigenvalue weighted by Crippen LogP contribution is -2.32. The van der Waals surface area contributed by atoms with Crippen molar-refractivity contribution in [1.29, 1.82) is 0 Å². The first kappa shape index (κ1) is 13.9. The van der Waals surface area contributed by atoms with E-state index in [4.69, 9.17) is 9.84 Å². The van der Waals surface area contributed by atoms with Crippen LogP contribution in [0.3, 0.4) is 0 Å². The molecular weight excluding hydrogens is 254 g/mol. The van der Waals surface area contributed by atoms with E-state index in [1.807, 2.05) is 0 Å². The number of ether oxygens (including phenoxy) is 2. The number of aromatic nitrogens is 1. The molecule has 0 bridgehead atoms. The Morgan fingerprint density at radius 1 is 1.47 bits per heavy atom. The fraction of sp³-hybridized carbons (Fsp3) is 0.500. The van der Waals surface area contributed by atoms with Crippen molar-refractivity contribution in [3.63, 3.8) is 0 Å². The van der Waals surface area contributed by atoms with E-state index in [2.05, 4.69) is 9.72 Å². The van der Waals surface area contributed by atoms with Gasteiger partial charge in [-0.05, 0) is 17.7 Å². The van der Waals surface area contributed by atoms with Gasteiger partial charge in [-0.2, -0.15) is 0 Å². The fourth-order valence-electron chi connectivity index (χ4n) is 2.02. The van der Waals surface area contributed by atoms with Crippen LogP contribution in [0.4, 0.5) is 0 Å². The molecule has 7 nitrogen and oxygen atoms in total. The third-order valence-corrected chi connectivity index (χ3v) is 3.05. The first-order valence-corrected chi connectivity index (χ1v) is 5.75. The summed E-state index contributed by atoms with van der Waals surface area (Å²) in [6, 6.07) is 2.99. The van der Waals surface area contributed by atoms with Crippen molar-refractivity contribution in [2.24, 2.45) is 0 Å². The number of nitrogens with zero attached hydrogens (tertiary/aromatic N) is 1. The molecule has 1 unspecified atom stereocenters. The van der Waals surface area contributed by atoms with Gasteiger partial charge in [0.1, 0.15) is 30.1 Å². The van der Waals surface area contributed by atoms with Gasteiger partial charge < -0.3 is 24.8 Å². The average molecular weight is 269 g/mol. The van der Waals surface area contributed by atoms with Gasteiger partial charge in [-0.15, -0.1) is 0 Å².